The summed E-state index contributed by atoms with van der Waals surface area (Å²) in [5.74, 6) is 1.19. The van der Waals surface area contributed by atoms with Crippen molar-refractivity contribution in [2.24, 2.45) is 7.05 Å². The van der Waals surface area contributed by atoms with Crippen LogP contribution in [0.5, 0.6) is 0 Å². The number of hydrogen-bond donors (Lipinski definition) is 1. The van der Waals surface area contributed by atoms with E-state index in [4.69, 9.17) is 0 Å². The van der Waals surface area contributed by atoms with Gasteiger partial charge in [0.2, 0.25) is 0 Å². The van der Waals surface area contributed by atoms with E-state index in [0.29, 0.717) is 23.7 Å². The molecule has 1 N–H and O–H groups in total. The number of carbonyl (C=O) groups excluding carboxylic acids is 1. The van der Waals surface area contributed by atoms with E-state index in [0.717, 1.165) is 5.56 Å². The van der Waals surface area contributed by atoms with Crippen molar-refractivity contribution in [2.45, 2.75) is 6.54 Å². The van der Waals surface area contributed by atoms with E-state index in [9.17, 15) is 4.79 Å². The largest absolute Gasteiger partial charge is 0.348 e. The molecule has 0 aliphatic rings. The molecule has 0 radical (unpaired) electrons. The molecule has 4 aromatic rings. The highest BCUT2D eigenvalue weighted by Crippen LogP contribution is 2.14. The topological polar surface area (TPSA) is 95.5 Å². The molecule has 4 aromatic heterocycles. The first kappa shape index (κ1) is 15.8. The van der Waals surface area contributed by atoms with Gasteiger partial charge in [0.1, 0.15) is 24.0 Å². The van der Waals surface area contributed by atoms with Crippen LogP contribution in [0, 0.1) is 0 Å². The molecule has 130 valence electrons. The highest BCUT2D eigenvalue weighted by Gasteiger charge is 2.17. The second-order valence-corrected chi connectivity index (χ2v) is 5.64. The number of carbonyl (C=O) groups is 1. The van der Waals surface area contributed by atoms with Crippen molar-refractivity contribution < 1.29 is 4.79 Å². The average molecular weight is 348 g/mol. The molecule has 9 nitrogen and oxygen atoms in total. The van der Waals surface area contributed by atoms with Gasteiger partial charge in [-0.15, -0.1) is 0 Å². The Hall–Kier alpha value is -3.75. The standard InChI is InChI=1S/C17H16N8O/c1-23-17(24-6-2-3-7-24)14(10-21-23)16(26)20-9-13-4-5-15(19-8-13)25-12-18-11-22-25/h2-8,10-12H,9H2,1H3,(H,20,26). The minimum atomic E-state index is -0.192. The molecule has 0 fully saturated rings. The first-order valence-electron chi connectivity index (χ1n) is 7.96. The van der Waals surface area contributed by atoms with Crippen molar-refractivity contribution in [1.29, 1.82) is 0 Å². The zero-order valence-electron chi connectivity index (χ0n) is 14.0. The Morgan fingerprint density at radius 3 is 2.69 bits per heavy atom. The Morgan fingerprint density at radius 2 is 2.00 bits per heavy atom. The van der Waals surface area contributed by atoms with Gasteiger partial charge in [-0.05, 0) is 23.8 Å². The van der Waals surface area contributed by atoms with Gasteiger partial charge in [-0.3, -0.25) is 9.48 Å². The summed E-state index contributed by atoms with van der Waals surface area (Å²) in [5, 5.41) is 11.1. The summed E-state index contributed by atoms with van der Waals surface area (Å²) in [7, 11) is 1.80. The quantitative estimate of drug-likeness (QED) is 0.583. The van der Waals surface area contributed by atoms with Crippen LogP contribution in [0.4, 0.5) is 0 Å². The summed E-state index contributed by atoms with van der Waals surface area (Å²) >= 11 is 0. The number of nitrogens with zero attached hydrogens (tertiary/aromatic N) is 7. The maximum absolute atomic E-state index is 12.6. The van der Waals surface area contributed by atoms with E-state index in [1.165, 1.54) is 6.33 Å². The molecule has 4 rings (SSSR count). The molecule has 4 heterocycles. The number of aromatic nitrogens is 7. The van der Waals surface area contributed by atoms with Gasteiger partial charge in [0.15, 0.2) is 5.82 Å². The molecule has 0 aliphatic heterocycles. The summed E-state index contributed by atoms with van der Waals surface area (Å²) in [5.41, 5.74) is 1.39. The van der Waals surface area contributed by atoms with Crippen LogP contribution in [0.1, 0.15) is 15.9 Å². The molecule has 0 saturated heterocycles. The Morgan fingerprint density at radius 1 is 1.15 bits per heavy atom. The van der Waals surface area contributed by atoms with Crippen molar-refractivity contribution in [1.82, 2.24) is 39.4 Å². The molecule has 0 aromatic carbocycles. The average Bonchev–Trinajstić information content (AvgIpc) is 3.41. The van der Waals surface area contributed by atoms with Gasteiger partial charge in [-0.2, -0.15) is 10.2 Å². The second-order valence-electron chi connectivity index (χ2n) is 5.64. The summed E-state index contributed by atoms with van der Waals surface area (Å²) in [6, 6.07) is 7.51. The van der Waals surface area contributed by atoms with Gasteiger partial charge in [0, 0.05) is 32.2 Å². The lowest BCUT2D eigenvalue weighted by Crippen LogP contribution is -2.24. The summed E-state index contributed by atoms with van der Waals surface area (Å²) < 4.78 is 5.10. The molecular formula is C17H16N8O. The van der Waals surface area contributed by atoms with Gasteiger partial charge < -0.3 is 9.88 Å². The van der Waals surface area contributed by atoms with Gasteiger partial charge in [-0.25, -0.2) is 14.6 Å². The monoisotopic (exact) mass is 348 g/mol. The van der Waals surface area contributed by atoms with Gasteiger partial charge in [0.25, 0.3) is 5.91 Å². The van der Waals surface area contributed by atoms with E-state index in [1.54, 1.807) is 35.1 Å². The molecule has 0 aliphatic carbocycles. The van der Waals surface area contributed by atoms with Crippen LogP contribution >= 0.6 is 0 Å². The molecule has 26 heavy (non-hydrogen) atoms. The summed E-state index contributed by atoms with van der Waals surface area (Å²) in [6.45, 7) is 0.365. The van der Waals surface area contributed by atoms with Gasteiger partial charge in [0.05, 0.1) is 6.20 Å². The van der Waals surface area contributed by atoms with Gasteiger partial charge >= 0.3 is 0 Å². The zero-order valence-corrected chi connectivity index (χ0v) is 14.0. The van der Waals surface area contributed by atoms with E-state index in [2.05, 4.69) is 25.5 Å². The number of amides is 1. The van der Waals surface area contributed by atoms with Crippen LogP contribution in [0.25, 0.3) is 11.6 Å². The predicted octanol–water partition coefficient (Wildman–Crippen LogP) is 1.12. The lowest BCUT2D eigenvalue weighted by atomic mass is 10.2. The van der Waals surface area contributed by atoms with Crippen LogP contribution in [-0.2, 0) is 13.6 Å². The third-order valence-electron chi connectivity index (χ3n) is 3.92. The van der Waals surface area contributed by atoms with E-state index in [-0.39, 0.29) is 5.91 Å². The van der Waals surface area contributed by atoms with Crippen LogP contribution in [-0.4, -0.2) is 40.0 Å². The van der Waals surface area contributed by atoms with Crippen molar-refractivity contribution in [3.05, 3.63) is 72.8 Å². The van der Waals surface area contributed by atoms with Crippen molar-refractivity contribution in [2.75, 3.05) is 0 Å². The maximum Gasteiger partial charge on any atom is 0.256 e. The molecule has 9 heteroatoms. The normalized spacial score (nSPS) is 10.8. The SMILES string of the molecule is Cn1ncc(C(=O)NCc2ccc(-n3cncn3)nc2)c1-n1cccc1. The number of pyridine rings is 1. The number of aryl methyl sites for hydroxylation is 1. The fourth-order valence-electron chi connectivity index (χ4n) is 2.63. The Kier molecular flexibility index (Phi) is 4.02. The van der Waals surface area contributed by atoms with Gasteiger partial charge in [-0.1, -0.05) is 6.07 Å². The Balaban J connectivity index is 1.46. The smallest absolute Gasteiger partial charge is 0.256 e. The predicted molar refractivity (Wildman–Crippen MR) is 92.9 cm³/mol. The van der Waals surface area contributed by atoms with Crippen LogP contribution < -0.4 is 5.32 Å². The summed E-state index contributed by atoms with van der Waals surface area (Å²) in [6.07, 6.45) is 10.0. The molecule has 0 bridgehead atoms. The highest BCUT2D eigenvalue weighted by molar-refractivity contribution is 5.97. The van der Waals surface area contributed by atoms with E-state index in [1.807, 2.05) is 41.2 Å². The minimum Gasteiger partial charge on any atom is -0.348 e. The molecule has 0 atom stereocenters. The Labute approximate surface area is 148 Å². The number of nitrogens with one attached hydrogen (secondary N) is 1. The molecule has 0 unspecified atom stereocenters. The minimum absolute atomic E-state index is 0.192. The molecular weight excluding hydrogens is 332 g/mol. The third-order valence-corrected chi connectivity index (χ3v) is 3.92. The van der Waals surface area contributed by atoms with Crippen molar-refractivity contribution in [3.63, 3.8) is 0 Å². The van der Waals surface area contributed by atoms with Crippen LogP contribution in [0.15, 0.2) is 61.7 Å². The Bertz CT molecular complexity index is 1000. The first-order chi connectivity index (χ1) is 12.7. The van der Waals surface area contributed by atoms with Crippen LogP contribution in [0.2, 0.25) is 0 Å². The number of hydrogen-bond acceptors (Lipinski definition) is 5. The van der Waals surface area contributed by atoms with Crippen LogP contribution in [0.3, 0.4) is 0 Å². The lowest BCUT2D eigenvalue weighted by Gasteiger charge is -2.09. The summed E-state index contributed by atoms with van der Waals surface area (Å²) in [4.78, 5) is 20.8. The maximum atomic E-state index is 12.6. The molecule has 0 spiro atoms. The molecule has 1 amide bonds. The van der Waals surface area contributed by atoms with Crippen molar-refractivity contribution in [3.8, 4) is 11.6 Å². The lowest BCUT2D eigenvalue weighted by molar-refractivity contribution is 0.0951. The highest BCUT2D eigenvalue weighted by atomic mass is 16.1. The van der Waals surface area contributed by atoms with E-state index >= 15 is 0 Å². The molecule has 0 saturated carbocycles. The zero-order chi connectivity index (χ0) is 17.9. The van der Waals surface area contributed by atoms with E-state index < -0.39 is 0 Å². The third kappa shape index (κ3) is 2.97. The number of rotatable bonds is 5. The fourth-order valence-corrected chi connectivity index (χ4v) is 2.63. The second kappa shape index (κ2) is 6.63. The fraction of sp³-hybridized carbons (Fsp3) is 0.118. The van der Waals surface area contributed by atoms with Crippen molar-refractivity contribution >= 4 is 5.91 Å². The first-order valence-corrected chi connectivity index (χ1v) is 7.96.